The number of halogens is 2. The molecule has 3 aromatic carbocycles. The van der Waals surface area contributed by atoms with E-state index in [1.165, 1.54) is 22.4 Å². The van der Waals surface area contributed by atoms with Crippen LogP contribution in [0.15, 0.2) is 76.4 Å². The van der Waals surface area contributed by atoms with E-state index in [1.807, 2.05) is 0 Å². The number of carbonyl (C=O) groups is 2. The van der Waals surface area contributed by atoms with Gasteiger partial charge >= 0.3 is 5.97 Å². The first-order valence-electron chi connectivity index (χ1n) is 12.3. The lowest BCUT2D eigenvalue weighted by molar-refractivity contribution is -0.384. The van der Waals surface area contributed by atoms with E-state index in [9.17, 15) is 32.9 Å². The molecule has 1 unspecified atom stereocenters. The van der Waals surface area contributed by atoms with E-state index in [4.69, 9.17) is 27.9 Å². The molecule has 0 radical (unpaired) electrons. The Kier molecular flexibility index (Phi) is 8.94. The van der Waals surface area contributed by atoms with Gasteiger partial charge in [0.1, 0.15) is 5.69 Å². The number of carbonyl (C=O) groups excluding carboxylic acids is 2. The first-order chi connectivity index (χ1) is 20.2. The van der Waals surface area contributed by atoms with Gasteiger partial charge in [-0.2, -0.15) is 0 Å². The average molecular weight is 648 g/mol. The third-order valence-corrected chi connectivity index (χ3v) is 8.14. The standard InChI is InChI=1S/C27H23Cl2N5O8S/c1-15-24(26(36)33(32(15)3)19-7-5-4-6-8-19)31-43(40,41)21-12-17(11-18(28)13-21)27(37)42-16(2)25(35)30-23-10-9-20(34(38)39)14-22(23)29/h4-14,16,31H,1-3H3,(H,30,35). The van der Waals surface area contributed by atoms with Crippen LogP contribution in [0.5, 0.6) is 0 Å². The zero-order valence-corrected chi connectivity index (χ0v) is 25.0. The number of hydrogen-bond acceptors (Lipinski definition) is 8. The quantitative estimate of drug-likeness (QED) is 0.150. The van der Waals surface area contributed by atoms with Crippen LogP contribution in [0.3, 0.4) is 0 Å². The summed E-state index contributed by atoms with van der Waals surface area (Å²) in [5.74, 6) is -1.88. The number of esters is 1. The molecule has 16 heteroatoms. The molecule has 43 heavy (non-hydrogen) atoms. The minimum atomic E-state index is -4.43. The summed E-state index contributed by atoms with van der Waals surface area (Å²) < 4.78 is 36.9. The van der Waals surface area contributed by atoms with Gasteiger partial charge < -0.3 is 10.1 Å². The Morgan fingerprint density at radius 3 is 2.35 bits per heavy atom. The molecule has 0 saturated heterocycles. The SMILES string of the molecule is Cc1c(NS(=O)(=O)c2cc(Cl)cc(C(=O)OC(C)C(=O)Nc3ccc([N+](=O)[O-])cc3Cl)c2)c(=O)n(-c2ccccc2)n1C. The second kappa shape index (κ2) is 12.3. The summed E-state index contributed by atoms with van der Waals surface area (Å²) in [5, 5.41) is 13.0. The third-order valence-electron chi connectivity index (χ3n) is 6.28. The zero-order chi connectivity index (χ0) is 31.6. The molecule has 2 N–H and O–H groups in total. The Labute approximate surface area is 254 Å². The molecule has 0 aliphatic rings. The molecular weight excluding hydrogens is 625 g/mol. The van der Waals surface area contributed by atoms with Crippen LogP contribution in [0.2, 0.25) is 10.0 Å². The van der Waals surface area contributed by atoms with Crippen molar-refractivity contribution in [2.75, 3.05) is 10.0 Å². The van der Waals surface area contributed by atoms with Gasteiger partial charge in [0.05, 0.1) is 37.5 Å². The summed E-state index contributed by atoms with van der Waals surface area (Å²) in [4.78, 5) is 48.4. The van der Waals surface area contributed by atoms with Crippen molar-refractivity contribution in [2.24, 2.45) is 7.05 Å². The number of non-ortho nitro benzene ring substituents is 1. The fourth-order valence-corrected chi connectivity index (χ4v) is 5.66. The maximum Gasteiger partial charge on any atom is 0.338 e. The van der Waals surface area contributed by atoms with Crippen molar-refractivity contribution in [3.05, 3.63) is 109 Å². The van der Waals surface area contributed by atoms with E-state index in [-0.39, 0.29) is 32.7 Å². The molecule has 1 amide bonds. The van der Waals surface area contributed by atoms with E-state index in [1.54, 1.807) is 44.3 Å². The lowest BCUT2D eigenvalue weighted by atomic mass is 10.2. The van der Waals surface area contributed by atoms with Crippen molar-refractivity contribution in [1.29, 1.82) is 0 Å². The van der Waals surface area contributed by atoms with Crippen LogP contribution in [-0.2, 0) is 26.6 Å². The predicted molar refractivity (Wildman–Crippen MR) is 160 cm³/mol. The Morgan fingerprint density at radius 1 is 1.05 bits per heavy atom. The number of rotatable bonds is 9. The highest BCUT2D eigenvalue weighted by Crippen LogP contribution is 2.27. The average Bonchev–Trinajstić information content (AvgIpc) is 3.16. The molecule has 1 heterocycles. The van der Waals surface area contributed by atoms with E-state index >= 15 is 0 Å². The van der Waals surface area contributed by atoms with Gasteiger partial charge in [0.15, 0.2) is 6.10 Å². The summed E-state index contributed by atoms with van der Waals surface area (Å²) >= 11 is 12.1. The number of nitrogens with one attached hydrogen (secondary N) is 2. The van der Waals surface area contributed by atoms with Crippen molar-refractivity contribution >= 4 is 62.2 Å². The minimum absolute atomic E-state index is 0.0462. The normalized spacial score (nSPS) is 11.9. The first kappa shape index (κ1) is 31.3. The fraction of sp³-hybridized carbons (Fsp3) is 0.148. The Bertz CT molecular complexity index is 1920. The number of nitro groups is 1. The number of para-hydroxylation sites is 1. The topological polar surface area (TPSA) is 172 Å². The Morgan fingerprint density at radius 2 is 1.72 bits per heavy atom. The smallest absolute Gasteiger partial charge is 0.338 e. The molecule has 1 atom stereocenters. The predicted octanol–water partition coefficient (Wildman–Crippen LogP) is 4.68. The van der Waals surface area contributed by atoms with Gasteiger partial charge in [-0.25, -0.2) is 17.9 Å². The van der Waals surface area contributed by atoms with E-state index in [2.05, 4.69) is 10.0 Å². The highest BCUT2D eigenvalue weighted by Gasteiger charge is 2.26. The van der Waals surface area contributed by atoms with Gasteiger partial charge in [-0.1, -0.05) is 41.4 Å². The monoisotopic (exact) mass is 647 g/mol. The van der Waals surface area contributed by atoms with Gasteiger partial charge in [-0.15, -0.1) is 0 Å². The molecule has 0 aliphatic heterocycles. The van der Waals surface area contributed by atoms with E-state index < -0.39 is 43.4 Å². The summed E-state index contributed by atoms with van der Waals surface area (Å²) in [6, 6.07) is 15.2. The molecule has 224 valence electrons. The summed E-state index contributed by atoms with van der Waals surface area (Å²) in [6.07, 6.45) is -1.39. The maximum atomic E-state index is 13.3. The molecule has 0 saturated carbocycles. The molecule has 4 aromatic rings. The number of sulfonamides is 1. The number of anilines is 2. The number of ether oxygens (including phenoxy) is 1. The Hall–Kier alpha value is -4.66. The van der Waals surface area contributed by atoms with Gasteiger partial charge in [0.25, 0.3) is 27.2 Å². The zero-order valence-electron chi connectivity index (χ0n) is 22.7. The van der Waals surface area contributed by atoms with Crippen molar-refractivity contribution in [1.82, 2.24) is 9.36 Å². The second-order valence-electron chi connectivity index (χ2n) is 9.18. The number of nitro benzene ring substituents is 1. The number of hydrogen-bond donors (Lipinski definition) is 2. The highest BCUT2D eigenvalue weighted by atomic mass is 35.5. The largest absolute Gasteiger partial charge is 0.449 e. The van der Waals surface area contributed by atoms with Gasteiger partial charge in [-0.05, 0) is 50.2 Å². The summed E-state index contributed by atoms with van der Waals surface area (Å²) in [6.45, 7) is 2.82. The van der Waals surface area contributed by atoms with Crippen molar-refractivity contribution < 1.29 is 27.7 Å². The van der Waals surface area contributed by atoms with Crippen molar-refractivity contribution in [3.63, 3.8) is 0 Å². The van der Waals surface area contributed by atoms with Crippen LogP contribution in [0.1, 0.15) is 23.0 Å². The molecule has 4 rings (SSSR count). The Balaban J connectivity index is 1.54. The number of benzene rings is 3. The van der Waals surface area contributed by atoms with Gasteiger partial charge in [-0.3, -0.25) is 29.1 Å². The third kappa shape index (κ3) is 6.71. The first-order valence-corrected chi connectivity index (χ1v) is 14.6. The van der Waals surface area contributed by atoms with Crippen LogP contribution < -0.4 is 15.6 Å². The van der Waals surface area contributed by atoms with Crippen LogP contribution in [0.4, 0.5) is 17.1 Å². The van der Waals surface area contributed by atoms with E-state index in [0.717, 1.165) is 30.3 Å². The van der Waals surface area contributed by atoms with Crippen LogP contribution >= 0.6 is 23.2 Å². The molecule has 0 bridgehead atoms. The van der Waals surface area contributed by atoms with Crippen molar-refractivity contribution in [3.8, 4) is 5.69 Å². The number of amides is 1. The summed E-state index contributed by atoms with van der Waals surface area (Å²) in [7, 11) is -2.83. The molecule has 0 spiro atoms. The molecule has 0 fully saturated rings. The maximum absolute atomic E-state index is 13.3. The minimum Gasteiger partial charge on any atom is -0.449 e. The molecule has 13 nitrogen and oxygen atoms in total. The molecular formula is C27H23Cl2N5O8S. The number of aromatic nitrogens is 2. The number of nitrogens with zero attached hydrogens (tertiary/aromatic N) is 3. The van der Waals surface area contributed by atoms with Crippen LogP contribution in [-0.4, -0.2) is 40.7 Å². The molecule has 1 aromatic heterocycles. The van der Waals surface area contributed by atoms with Gasteiger partial charge in [0, 0.05) is 24.2 Å². The molecule has 0 aliphatic carbocycles. The second-order valence-corrected chi connectivity index (χ2v) is 11.7. The highest BCUT2D eigenvalue weighted by molar-refractivity contribution is 7.92. The lowest BCUT2D eigenvalue weighted by Gasteiger charge is -2.15. The van der Waals surface area contributed by atoms with Crippen LogP contribution in [0.25, 0.3) is 5.69 Å². The fourth-order valence-electron chi connectivity index (χ4n) is 3.95. The lowest BCUT2D eigenvalue weighted by Crippen LogP contribution is -2.30. The summed E-state index contributed by atoms with van der Waals surface area (Å²) in [5.41, 5.74) is -0.502. The van der Waals surface area contributed by atoms with Gasteiger partial charge in [0.2, 0.25) is 0 Å². The van der Waals surface area contributed by atoms with Crippen molar-refractivity contribution in [2.45, 2.75) is 24.8 Å². The van der Waals surface area contributed by atoms with E-state index in [0.29, 0.717) is 11.4 Å². The van der Waals surface area contributed by atoms with Crippen LogP contribution in [0, 0.1) is 17.0 Å².